The average Bonchev–Trinajstić information content (AvgIpc) is 3.16. The molecule has 5 heteroatoms. The lowest BCUT2D eigenvalue weighted by Gasteiger charge is -2.18. The van der Waals surface area contributed by atoms with Gasteiger partial charge in [-0.1, -0.05) is 23.7 Å². The van der Waals surface area contributed by atoms with E-state index in [9.17, 15) is 4.79 Å². The van der Waals surface area contributed by atoms with Gasteiger partial charge in [0.2, 0.25) is 5.91 Å². The first-order valence-corrected chi connectivity index (χ1v) is 9.91. The van der Waals surface area contributed by atoms with Gasteiger partial charge in [-0.25, -0.2) is 0 Å². The molecule has 0 saturated carbocycles. The fourth-order valence-electron chi connectivity index (χ4n) is 2.90. The van der Waals surface area contributed by atoms with Crippen molar-refractivity contribution in [2.45, 2.75) is 36.5 Å². The van der Waals surface area contributed by atoms with Gasteiger partial charge < -0.3 is 10.2 Å². The van der Waals surface area contributed by atoms with E-state index in [1.165, 1.54) is 30.3 Å². The van der Waals surface area contributed by atoms with Crippen LogP contribution < -0.4 is 10.2 Å². The van der Waals surface area contributed by atoms with Crippen molar-refractivity contribution in [3.8, 4) is 0 Å². The van der Waals surface area contributed by atoms with E-state index < -0.39 is 0 Å². The molecular weight excluding hydrogens is 352 g/mol. The van der Waals surface area contributed by atoms with Crippen LogP contribution in [0.3, 0.4) is 0 Å². The maximum Gasteiger partial charge on any atom is 0.233 e. The molecule has 2 aromatic carbocycles. The molecule has 3 rings (SSSR count). The SMILES string of the molecule is CC(Sc1ccc(Cl)cc1)C(=O)NCc1ccc(N2CCCC2)cc1. The molecule has 3 nitrogen and oxygen atoms in total. The number of nitrogens with zero attached hydrogens (tertiary/aromatic N) is 1. The van der Waals surface area contributed by atoms with E-state index in [2.05, 4.69) is 34.5 Å². The third kappa shape index (κ3) is 5.16. The van der Waals surface area contributed by atoms with Crippen molar-refractivity contribution >= 4 is 35.0 Å². The van der Waals surface area contributed by atoms with Crippen molar-refractivity contribution in [1.29, 1.82) is 0 Å². The van der Waals surface area contributed by atoms with Crippen molar-refractivity contribution in [1.82, 2.24) is 5.32 Å². The second kappa shape index (κ2) is 8.63. The number of benzene rings is 2. The number of nitrogens with one attached hydrogen (secondary N) is 1. The molecule has 0 aromatic heterocycles. The first-order chi connectivity index (χ1) is 12.1. The second-order valence-corrected chi connectivity index (χ2v) is 8.14. The largest absolute Gasteiger partial charge is 0.372 e. The molecule has 1 saturated heterocycles. The van der Waals surface area contributed by atoms with Gasteiger partial charge in [-0.15, -0.1) is 11.8 Å². The van der Waals surface area contributed by atoms with Gasteiger partial charge in [0.15, 0.2) is 0 Å². The number of rotatable bonds is 6. The third-order valence-electron chi connectivity index (χ3n) is 4.37. The number of halogens is 1. The molecule has 1 amide bonds. The van der Waals surface area contributed by atoms with Gasteiger partial charge in [-0.2, -0.15) is 0 Å². The number of thioether (sulfide) groups is 1. The Hall–Kier alpha value is -1.65. The fourth-order valence-corrected chi connectivity index (χ4v) is 3.92. The van der Waals surface area contributed by atoms with Gasteiger partial charge in [0, 0.05) is 35.2 Å². The summed E-state index contributed by atoms with van der Waals surface area (Å²) in [5.41, 5.74) is 2.40. The number of hydrogen-bond donors (Lipinski definition) is 1. The van der Waals surface area contributed by atoms with E-state index >= 15 is 0 Å². The van der Waals surface area contributed by atoms with Crippen LogP contribution in [0.2, 0.25) is 5.02 Å². The Balaban J connectivity index is 1.48. The molecule has 0 spiro atoms. The smallest absolute Gasteiger partial charge is 0.233 e. The monoisotopic (exact) mass is 374 g/mol. The fraction of sp³-hybridized carbons (Fsp3) is 0.350. The van der Waals surface area contributed by atoms with Crippen molar-refractivity contribution in [2.75, 3.05) is 18.0 Å². The van der Waals surface area contributed by atoms with Crippen molar-refractivity contribution in [3.63, 3.8) is 0 Å². The van der Waals surface area contributed by atoms with Gasteiger partial charge in [-0.3, -0.25) is 4.79 Å². The molecule has 1 aliphatic rings. The summed E-state index contributed by atoms with van der Waals surface area (Å²) >= 11 is 7.43. The highest BCUT2D eigenvalue weighted by Crippen LogP contribution is 2.25. The zero-order valence-corrected chi connectivity index (χ0v) is 15.9. The lowest BCUT2D eigenvalue weighted by molar-refractivity contribution is -0.120. The highest BCUT2D eigenvalue weighted by molar-refractivity contribution is 8.00. The lowest BCUT2D eigenvalue weighted by atomic mass is 10.2. The average molecular weight is 375 g/mol. The first kappa shape index (κ1) is 18.2. The summed E-state index contributed by atoms with van der Waals surface area (Å²) in [4.78, 5) is 15.8. The Labute approximate surface area is 158 Å². The standard InChI is InChI=1S/C20H23ClN2OS/c1-15(25-19-10-6-17(21)7-11-19)20(24)22-14-16-4-8-18(9-5-16)23-12-2-3-13-23/h4-11,15H,2-3,12-14H2,1H3,(H,22,24). The Morgan fingerprint density at radius 1 is 1.12 bits per heavy atom. The predicted octanol–water partition coefficient (Wildman–Crippen LogP) is 4.74. The maximum absolute atomic E-state index is 12.3. The van der Waals surface area contributed by atoms with E-state index in [0.29, 0.717) is 11.6 Å². The summed E-state index contributed by atoms with van der Waals surface area (Å²) in [5, 5.41) is 3.58. The van der Waals surface area contributed by atoms with E-state index in [0.717, 1.165) is 23.5 Å². The molecule has 1 N–H and O–H groups in total. The quantitative estimate of drug-likeness (QED) is 0.741. The van der Waals surface area contributed by atoms with Crippen molar-refractivity contribution in [2.24, 2.45) is 0 Å². The summed E-state index contributed by atoms with van der Waals surface area (Å²) in [6.07, 6.45) is 2.56. The summed E-state index contributed by atoms with van der Waals surface area (Å²) in [7, 11) is 0. The second-order valence-electron chi connectivity index (χ2n) is 6.29. The van der Waals surface area contributed by atoms with Gasteiger partial charge in [-0.05, 0) is 61.7 Å². The molecule has 1 atom stereocenters. The predicted molar refractivity (Wildman–Crippen MR) is 107 cm³/mol. The first-order valence-electron chi connectivity index (χ1n) is 8.65. The zero-order chi connectivity index (χ0) is 17.6. The van der Waals surface area contributed by atoms with Crippen molar-refractivity contribution in [3.05, 3.63) is 59.1 Å². The van der Waals surface area contributed by atoms with Crippen LogP contribution in [0.4, 0.5) is 5.69 Å². The van der Waals surface area contributed by atoms with Gasteiger partial charge >= 0.3 is 0 Å². The molecule has 2 aromatic rings. The Kier molecular flexibility index (Phi) is 6.27. The van der Waals surface area contributed by atoms with Gasteiger partial charge in [0.1, 0.15) is 0 Å². The summed E-state index contributed by atoms with van der Waals surface area (Å²) < 4.78 is 0. The Morgan fingerprint density at radius 2 is 1.76 bits per heavy atom. The molecule has 132 valence electrons. The Morgan fingerprint density at radius 3 is 2.40 bits per heavy atom. The molecule has 1 unspecified atom stereocenters. The van der Waals surface area contributed by atoms with Crippen LogP contribution in [-0.4, -0.2) is 24.2 Å². The number of carbonyl (C=O) groups is 1. The topological polar surface area (TPSA) is 32.3 Å². The molecule has 0 bridgehead atoms. The van der Waals surface area contributed by atoms with Crippen LogP contribution >= 0.6 is 23.4 Å². The van der Waals surface area contributed by atoms with Crippen LogP contribution in [0.25, 0.3) is 0 Å². The van der Waals surface area contributed by atoms with E-state index in [4.69, 9.17) is 11.6 Å². The van der Waals surface area contributed by atoms with E-state index in [1.807, 2.05) is 31.2 Å². The summed E-state index contributed by atoms with van der Waals surface area (Å²) in [5.74, 6) is 0.0450. The maximum atomic E-state index is 12.3. The molecular formula is C20H23ClN2OS. The van der Waals surface area contributed by atoms with Crippen LogP contribution in [0.15, 0.2) is 53.4 Å². The minimum absolute atomic E-state index is 0.0450. The summed E-state index contributed by atoms with van der Waals surface area (Å²) in [6, 6.07) is 16.1. The highest BCUT2D eigenvalue weighted by atomic mass is 35.5. The summed E-state index contributed by atoms with van der Waals surface area (Å²) in [6.45, 7) is 4.78. The van der Waals surface area contributed by atoms with Gasteiger partial charge in [0.25, 0.3) is 0 Å². The van der Waals surface area contributed by atoms with Crippen LogP contribution in [0.5, 0.6) is 0 Å². The van der Waals surface area contributed by atoms with E-state index in [-0.39, 0.29) is 11.2 Å². The lowest BCUT2D eigenvalue weighted by Crippen LogP contribution is -2.30. The third-order valence-corrected chi connectivity index (χ3v) is 5.73. The minimum atomic E-state index is -0.148. The molecule has 1 heterocycles. The van der Waals surface area contributed by atoms with Crippen LogP contribution in [0.1, 0.15) is 25.3 Å². The van der Waals surface area contributed by atoms with Crippen molar-refractivity contribution < 1.29 is 4.79 Å². The zero-order valence-electron chi connectivity index (χ0n) is 14.4. The minimum Gasteiger partial charge on any atom is -0.372 e. The number of amides is 1. The number of carbonyl (C=O) groups excluding carboxylic acids is 1. The molecule has 25 heavy (non-hydrogen) atoms. The van der Waals surface area contributed by atoms with Crippen LogP contribution in [-0.2, 0) is 11.3 Å². The molecule has 0 radical (unpaired) electrons. The Bertz CT molecular complexity index is 697. The van der Waals surface area contributed by atoms with E-state index in [1.54, 1.807) is 0 Å². The van der Waals surface area contributed by atoms with Gasteiger partial charge in [0.05, 0.1) is 5.25 Å². The normalized spacial score (nSPS) is 15.2. The highest BCUT2D eigenvalue weighted by Gasteiger charge is 2.15. The molecule has 1 aliphatic heterocycles. The number of hydrogen-bond acceptors (Lipinski definition) is 3. The molecule has 1 fully saturated rings. The molecule has 0 aliphatic carbocycles. The number of anilines is 1. The van der Waals surface area contributed by atoms with Crippen LogP contribution in [0, 0.1) is 0 Å².